The van der Waals surface area contributed by atoms with E-state index in [0.717, 1.165) is 23.5 Å². The highest BCUT2D eigenvalue weighted by Gasteiger charge is 2.28. The molecule has 0 amide bonds. The standard InChI is InChI=1S/C20H19FN2O/c1-15-4-2-7-19(12-15)23-10-11-24-20(23)16-8-9-22(14-16)18-6-3-5-17(21)13-18/h2-9,12-14,20H,10-11H2,1H3. The quantitative estimate of drug-likeness (QED) is 0.708. The molecular formula is C20H19FN2O. The summed E-state index contributed by atoms with van der Waals surface area (Å²) >= 11 is 0. The highest BCUT2D eigenvalue weighted by atomic mass is 19.1. The summed E-state index contributed by atoms with van der Waals surface area (Å²) in [6.07, 6.45) is 3.84. The van der Waals surface area contributed by atoms with Gasteiger partial charge in [0.25, 0.3) is 0 Å². The second-order valence-electron chi connectivity index (χ2n) is 6.09. The van der Waals surface area contributed by atoms with Crippen molar-refractivity contribution in [2.75, 3.05) is 18.1 Å². The topological polar surface area (TPSA) is 17.4 Å². The van der Waals surface area contributed by atoms with Crippen LogP contribution in [0.2, 0.25) is 0 Å². The first-order valence-electron chi connectivity index (χ1n) is 8.09. The van der Waals surface area contributed by atoms with Crippen molar-refractivity contribution in [2.24, 2.45) is 0 Å². The van der Waals surface area contributed by atoms with Gasteiger partial charge in [0.2, 0.25) is 0 Å². The van der Waals surface area contributed by atoms with Crippen molar-refractivity contribution in [3.63, 3.8) is 0 Å². The van der Waals surface area contributed by atoms with Crippen LogP contribution in [0.3, 0.4) is 0 Å². The zero-order valence-corrected chi connectivity index (χ0v) is 13.5. The maximum Gasteiger partial charge on any atom is 0.158 e. The van der Waals surface area contributed by atoms with Crippen LogP contribution < -0.4 is 4.90 Å². The van der Waals surface area contributed by atoms with Crippen molar-refractivity contribution in [2.45, 2.75) is 13.2 Å². The van der Waals surface area contributed by atoms with E-state index in [1.165, 1.54) is 17.7 Å². The second-order valence-corrected chi connectivity index (χ2v) is 6.09. The molecule has 1 aliphatic rings. The summed E-state index contributed by atoms with van der Waals surface area (Å²) in [6.45, 7) is 3.65. The number of aryl methyl sites for hydroxylation is 1. The highest BCUT2D eigenvalue weighted by molar-refractivity contribution is 5.51. The Labute approximate surface area is 140 Å². The molecule has 0 aliphatic carbocycles. The average Bonchev–Trinajstić information content (AvgIpc) is 3.24. The smallest absolute Gasteiger partial charge is 0.158 e. The monoisotopic (exact) mass is 322 g/mol. The van der Waals surface area contributed by atoms with Crippen LogP contribution in [0.1, 0.15) is 17.4 Å². The van der Waals surface area contributed by atoms with Crippen molar-refractivity contribution >= 4 is 5.69 Å². The van der Waals surface area contributed by atoms with Gasteiger partial charge >= 0.3 is 0 Å². The van der Waals surface area contributed by atoms with Gasteiger partial charge in [-0.2, -0.15) is 0 Å². The predicted octanol–water partition coefficient (Wildman–Crippen LogP) is 4.46. The van der Waals surface area contributed by atoms with E-state index in [9.17, 15) is 4.39 Å². The van der Waals surface area contributed by atoms with Crippen LogP contribution in [0.4, 0.5) is 10.1 Å². The molecule has 1 fully saturated rings. The number of benzene rings is 2. The lowest BCUT2D eigenvalue weighted by molar-refractivity contribution is 0.114. The Hall–Kier alpha value is -2.59. The van der Waals surface area contributed by atoms with Crippen LogP contribution >= 0.6 is 0 Å². The lowest BCUT2D eigenvalue weighted by Gasteiger charge is -2.25. The molecule has 24 heavy (non-hydrogen) atoms. The van der Waals surface area contributed by atoms with Gasteiger partial charge in [0, 0.05) is 35.9 Å². The molecule has 4 rings (SSSR count). The lowest BCUT2D eigenvalue weighted by Crippen LogP contribution is -2.23. The van der Waals surface area contributed by atoms with Crippen LogP contribution in [-0.4, -0.2) is 17.7 Å². The molecule has 3 aromatic rings. The van der Waals surface area contributed by atoms with Crippen molar-refractivity contribution in [1.29, 1.82) is 0 Å². The molecule has 0 saturated carbocycles. The van der Waals surface area contributed by atoms with Crippen molar-refractivity contribution in [1.82, 2.24) is 4.57 Å². The Morgan fingerprint density at radius 3 is 2.71 bits per heavy atom. The molecule has 2 aromatic carbocycles. The van der Waals surface area contributed by atoms with Crippen LogP contribution in [0.5, 0.6) is 0 Å². The normalized spacial score (nSPS) is 17.4. The molecule has 1 saturated heterocycles. The third-order valence-corrected chi connectivity index (χ3v) is 4.33. The van der Waals surface area contributed by atoms with Crippen molar-refractivity contribution in [3.8, 4) is 5.69 Å². The van der Waals surface area contributed by atoms with Crippen LogP contribution in [-0.2, 0) is 4.74 Å². The Morgan fingerprint density at radius 2 is 1.88 bits per heavy atom. The summed E-state index contributed by atoms with van der Waals surface area (Å²) in [5, 5.41) is 0. The van der Waals surface area contributed by atoms with Crippen molar-refractivity contribution < 1.29 is 9.13 Å². The second kappa shape index (κ2) is 6.13. The van der Waals surface area contributed by atoms with E-state index >= 15 is 0 Å². The first-order chi connectivity index (χ1) is 11.7. The van der Waals surface area contributed by atoms with Gasteiger partial charge in [0.1, 0.15) is 5.82 Å². The first-order valence-corrected chi connectivity index (χ1v) is 8.09. The van der Waals surface area contributed by atoms with E-state index in [1.807, 2.05) is 29.1 Å². The molecule has 1 atom stereocenters. The van der Waals surface area contributed by atoms with Gasteiger partial charge in [0.05, 0.1) is 6.61 Å². The van der Waals surface area contributed by atoms with Crippen LogP contribution in [0, 0.1) is 12.7 Å². The van der Waals surface area contributed by atoms with E-state index < -0.39 is 0 Å². The van der Waals surface area contributed by atoms with Gasteiger partial charge in [0.15, 0.2) is 6.23 Å². The zero-order chi connectivity index (χ0) is 16.5. The minimum absolute atomic E-state index is 0.110. The Kier molecular flexibility index (Phi) is 3.82. The van der Waals surface area contributed by atoms with Gasteiger partial charge in [-0.15, -0.1) is 0 Å². The Morgan fingerprint density at radius 1 is 1.04 bits per heavy atom. The summed E-state index contributed by atoms with van der Waals surface area (Å²) in [5.41, 5.74) is 4.27. The molecule has 1 aromatic heterocycles. The molecule has 4 heteroatoms. The average molecular weight is 322 g/mol. The number of hydrogen-bond donors (Lipinski definition) is 0. The number of halogens is 1. The fraction of sp³-hybridized carbons (Fsp3) is 0.200. The molecule has 1 aliphatic heterocycles. The summed E-state index contributed by atoms with van der Waals surface area (Å²) in [7, 11) is 0. The fourth-order valence-electron chi connectivity index (χ4n) is 3.17. The maximum atomic E-state index is 13.4. The van der Waals surface area contributed by atoms with E-state index in [-0.39, 0.29) is 12.0 Å². The van der Waals surface area contributed by atoms with Crippen LogP contribution in [0.15, 0.2) is 67.0 Å². The first kappa shape index (κ1) is 15.0. The number of hydrogen-bond acceptors (Lipinski definition) is 2. The van der Waals surface area contributed by atoms with Gasteiger partial charge < -0.3 is 14.2 Å². The van der Waals surface area contributed by atoms with E-state index in [2.05, 4.69) is 36.1 Å². The minimum Gasteiger partial charge on any atom is -0.352 e. The molecule has 0 N–H and O–H groups in total. The van der Waals surface area contributed by atoms with E-state index in [1.54, 1.807) is 6.07 Å². The Bertz CT molecular complexity index is 858. The number of nitrogens with zero attached hydrogens (tertiary/aromatic N) is 2. The fourth-order valence-corrected chi connectivity index (χ4v) is 3.17. The molecule has 0 bridgehead atoms. The number of anilines is 1. The van der Waals surface area contributed by atoms with Gasteiger partial charge in [-0.25, -0.2) is 4.39 Å². The Balaban J connectivity index is 1.64. The third-order valence-electron chi connectivity index (χ3n) is 4.33. The molecule has 0 spiro atoms. The van der Waals surface area contributed by atoms with E-state index in [4.69, 9.17) is 4.74 Å². The van der Waals surface area contributed by atoms with Gasteiger partial charge in [-0.05, 0) is 48.9 Å². The molecule has 3 nitrogen and oxygen atoms in total. The number of ether oxygens (including phenoxy) is 1. The zero-order valence-electron chi connectivity index (χ0n) is 13.5. The molecule has 122 valence electrons. The molecule has 1 unspecified atom stereocenters. The summed E-state index contributed by atoms with van der Waals surface area (Å²) in [4.78, 5) is 2.26. The summed E-state index contributed by atoms with van der Waals surface area (Å²) < 4.78 is 21.3. The third kappa shape index (κ3) is 2.81. The van der Waals surface area contributed by atoms with Gasteiger partial charge in [-0.1, -0.05) is 18.2 Å². The van der Waals surface area contributed by atoms with Crippen LogP contribution in [0.25, 0.3) is 5.69 Å². The maximum absolute atomic E-state index is 13.4. The summed E-state index contributed by atoms with van der Waals surface area (Å²) in [5.74, 6) is -0.235. The SMILES string of the molecule is Cc1cccc(N2CCOC2c2ccn(-c3cccc(F)c3)c2)c1. The molecule has 0 radical (unpaired) electrons. The summed E-state index contributed by atoms with van der Waals surface area (Å²) in [6, 6.07) is 17.1. The largest absolute Gasteiger partial charge is 0.352 e. The molecule has 2 heterocycles. The lowest BCUT2D eigenvalue weighted by atomic mass is 10.2. The van der Waals surface area contributed by atoms with Crippen molar-refractivity contribution in [3.05, 3.63) is 83.9 Å². The molecular weight excluding hydrogens is 303 g/mol. The predicted molar refractivity (Wildman–Crippen MR) is 92.9 cm³/mol. The highest BCUT2D eigenvalue weighted by Crippen LogP contribution is 2.33. The number of aromatic nitrogens is 1. The number of rotatable bonds is 3. The van der Waals surface area contributed by atoms with Gasteiger partial charge in [-0.3, -0.25) is 0 Å². The minimum atomic E-state index is -0.235. The van der Waals surface area contributed by atoms with E-state index in [0.29, 0.717) is 6.61 Å².